The second-order valence-corrected chi connectivity index (χ2v) is 3.81. The molecule has 1 atom stereocenters. The van der Waals surface area contributed by atoms with Crippen LogP contribution in [0, 0.1) is 6.92 Å². The van der Waals surface area contributed by atoms with Gasteiger partial charge in [0.15, 0.2) is 0 Å². The fraction of sp³-hybridized carbons (Fsp3) is 0.417. The van der Waals surface area contributed by atoms with Crippen LogP contribution in [-0.2, 0) is 4.79 Å². The highest BCUT2D eigenvalue weighted by Gasteiger charge is 2.26. The average Bonchev–Trinajstić information content (AvgIpc) is 2.29. The van der Waals surface area contributed by atoms with Crippen molar-refractivity contribution >= 4 is 11.9 Å². The molecule has 1 unspecified atom stereocenters. The van der Waals surface area contributed by atoms with Gasteiger partial charge in [0.25, 0.3) is 5.91 Å². The number of carboxylic acid groups (broad SMARTS) is 1. The smallest absolute Gasteiger partial charge is 0.326 e. The highest BCUT2D eigenvalue weighted by molar-refractivity contribution is 5.97. The summed E-state index contributed by atoms with van der Waals surface area (Å²) >= 11 is 0. The molecule has 1 aromatic heterocycles. The molecule has 0 aliphatic rings. The molecular formula is C12H16N2O3. The molecule has 0 spiro atoms. The van der Waals surface area contributed by atoms with Gasteiger partial charge in [0, 0.05) is 18.9 Å². The third-order valence-corrected chi connectivity index (χ3v) is 2.70. The van der Waals surface area contributed by atoms with Crippen LogP contribution in [0.1, 0.15) is 29.4 Å². The van der Waals surface area contributed by atoms with Crippen molar-refractivity contribution < 1.29 is 14.7 Å². The minimum absolute atomic E-state index is 0.315. The first-order valence-electron chi connectivity index (χ1n) is 5.40. The summed E-state index contributed by atoms with van der Waals surface area (Å²) in [7, 11) is 1.50. The first-order valence-corrected chi connectivity index (χ1v) is 5.40. The van der Waals surface area contributed by atoms with Crippen LogP contribution in [0.3, 0.4) is 0 Å². The van der Waals surface area contributed by atoms with E-state index in [2.05, 4.69) is 4.98 Å². The number of amides is 1. The number of aromatic nitrogens is 1. The number of hydrogen-bond acceptors (Lipinski definition) is 3. The summed E-state index contributed by atoms with van der Waals surface area (Å²) in [6.07, 6.45) is 1.97. The molecule has 0 radical (unpaired) electrons. The lowest BCUT2D eigenvalue weighted by molar-refractivity contribution is -0.142. The summed E-state index contributed by atoms with van der Waals surface area (Å²) in [5.41, 5.74) is 1.04. The van der Waals surface area contributed by atoms with Crippen LogP contribution < -0.4 is 0 Å². The van der Waals surface area contributed by atoms with E-state index in [9.17, 15) is 9.59 Å². The zero-order chi connectivity index (χ0) is 13.0. The van der Waals surface area contributed by atoms with E-state index in [0.29, 0.717) is 17.7 Å². The number of aryl methyl sites for hydroxylation is 1. The Kier molecular flexibility index (Phi) is 4.20. The Balaban J connectivity index is 2.98. The van der Waals surface area contributed by atoms with Gasteiger partial charge in [0.05, 0.1) is 5.56 Å². The predicted octanol–water partition coefficient (Wildman–Crippen LogP) is 1.33. The molecule has 0 saturated carbocycles. The minimum atomic E-state index is -0.995. The van der Waals surface area contributed by atoms with Gasteiger partial charge in [-0.2, -0.15) is 0 Å². The van der Waals surface area contributed by atoms with Crippen LogP contribution in [0.25, 0.3) is 0 Å². The molecule has 5 heteroatoms. The Morgan fingerprint density at radius 1 is 1.53 bits per heavy atom. The molecule has 0 saturated heterocycles. The van der Waals surface area contributed by atoms with E-state index in [0.717, 1.165) is 0 Å². The molecule has 0 fully saturated rings. The van der Waals surface area contributed by atoms with Crippen molar-refractivity contribution in [2.24, 2.45) is 0 Å². The van der Waals surface area contributed by atoms with Gasteiger partial charge < -0.3 is 10.0 Å². The maximum absolute atomic E-state index is 12.1. The lowest BCUT2D eigenvalue weighted by Gasteiger charge is -2.24. The van der Waals surface area contributed by atoms with E-state index in [1.165, 1.54) is 11.9 Å². The highest BCUT2D eigenvalue weighted by atomic mass is 16.4. The van der Waals surface area contributed by atoms with Crippen molar-refractivity contribution in [2.45, 2.75) is 26.3 Å². The zero-order valence-corrected chi connectivity index (χ0v) is 10.2. The van der Waals surface area contributed by atoms with Crippen LogP contribution in [-0.4, -0.2) is 40.0 Å². The van der Waals surface area contributed by atoms with Gasteiger partial charge in [-0.15, -0.1) is 0 Å². The fourth-order valence-corrected chi connectivity index (χ4v) is 1.66. The molecule has 92 valence electrons. The van der Waals surface area contributed by atoms with E-state index < -0.39 is 12.0 Å². The van der Waals surface area contributed by atoms with Gasteiger partial charge in [-0.1, -0.05) is 6.92 Å². The maximum Gasteiger partial charge on any atom is 0.326 e. The predicted molar refractivity (Wildman–Crippen MR) is 62.8 cm³/mol. The molecular weight excluding hydrogens is 220 g/mol. The Morgan fingerprint density at radius 2 is 2.18 bits per heavy atom. The number of likely N-dealkylation sites (N-methyl/N-ethyl adjacent to an activating group) is 1. The largest absolute Gasteiger partial charge is 0.480 e. The van der Waals surface area contributed by atoms with E-state index in [4.69, 9.17) is 5.11 Å². The SMILES string of the molecule is CCC(C(=O)O)N(C)C(=O)c1cccnc1C. The number of hydrogen-bond donors (Lipinski definition) is 1. The number of carboxylic acids is 1. The van der Waals surface area contributed by atoms with E-state index >= 15 is 0 Å². The number of pyridine rings is 1. The van der Waals surface area contributed by atoms with Crippen molar-refractivity contribution in [1.29, 1.82) is 0 Å². The summed E-state index contributed by atoms with van der Waals surface area (Å²) in [6, 6.07) is 2.51. The van der Waals surface area contributed by atoms with Crippen LogP contribution in [0.2, 0.25) is 0 Å². The third kappa shape index (κ3) is 2.81. The molecule has 1 amide bonds. The molecule has 17 heavy (non-hydrogen) atoms. The van der Waals surface area contributed by atoms with Gasteiger partial charge in [-0.3, -0.25) is 9.78 Å². The molecule has 1 N–H and O–H groups in total. The number of aliphatic carboxylic acids is 1. The standard InChI is InChI=1S/C12H16N2O3/c1-4-10(12(16)17)14(3)11(15)9-6-5-7-13-8(9)2/h5-7,10H,4H2,1-3H3,(H,16,17). The van der Waals surface area contributed by atoms with Crippen molar-refractivity contribution in [2.75, 3.05) is 7.05 Å². The van der Waals surface area contributed by atoms with Crippen molar-refractivity contribution in [3.05, 3.63) is 29.6 Å². The molecule has 0 aliphatic heterocycles. The topological polar surface area (TPSA) is 70.5 Å². The van der Waals surface area contributed by atoms with Crippen LogP contribution in [0.15, 0.2) is 18.3 Å². The summed E-state index contributed by atoms with van der Waals surface area (Å²) in [5.74, 6) is -1.31. The van der Waals surface area contributed by atoms with Gasteiger partial charge in [0.1, 0.15) is 6.04 Å². The zero-order valence-electron chi connectivity index (χ0n) is 10.2. The van der Waals surface area contributed by atoms with Crippen molar-refractivity contribution in [3.63, 3.8) is 0 Å². The summed E-state index contributed by atoms with van der Waals surface area (Å²) in [6.45, 7) is 3.46. The number of rotatable bonds is 4. The van der Waals surface area contributed by atoms with Gasteiger partial charge >= 0.3 is 5.97 Å². The maximum atomic E-state index is 12.1. The summed E-state index contributed by atoms with van der Waals surface area (Å²) in [4.78, 5) is 28.3. The van der Waals surface area contributed by atoms with Gasteiger partial charge in [-0.05, 0) is 25.5 Å². The highest BCUT2D eigenvalue weighted by Crippen LogP contribution is 2.11. The average molecular weight is 236 g/mol. The first-order chi connectivity index (χ1) is 7.99. The Morgan fingerprint density at radius 3 is 2.65 bits per heavy atom. The molecule has 0 bridgehead atoms. The lowest BCUT2D eigenvalue weighted by Crippen LogP contribution is -2.42. The quantitative estimate of drug-likeness (QED) is 0.856. The third-order valence-electron chi connectivity index (χ3n) is 2.70. The summed E-state index contributed by atoms with van der Waals surface area (Å²) in [5, 5.41) is 9.00. The Bertz CT molecular complexity index is 432. The minimum Gasteiger partial charge on any atom is -0.480 e. The van der Waals surface area contributed by atoms with Crippen molar-refractivity contribution in [1.82, 2.24) is 9.88 Å². The molecule has 1 heterocycles. The van der Waals surface area contributed by atoms with E-state index in [1.807, 2.05) is 0 Å². The van der Waals surface area contributed by atoms with E-state index in [-0.39, 0.29) is 5.91 Å². The first kappa shape index (κ1) is 13.2. The van der Waals surface area contributed by atoms with Crippen LogP contribution >= 0.6 is 0 Å². The lowest BCUT2D eigenvalue weighted by atomic mass is 10.1. The molecule has 5 nitrogen and oxygen atoms in total. The number of nitrogens with zero attached hydrogens (tertiary/aromatic N) is 2. The van der Waals surface area contributed by atoms with Crippen LogP contribution in [0.5, 0.6) is 0 Å². The molecule has 0 aliphatic carbocycles. The fourth-order valence-electron chi connectivity index (χ4n) is 1.66. The molecule has 1 aromatic rings. The van der Waals surface area contributed by atoms with Gasteiger partial charge in [0.2, 0.25) is 0 Å². The molecule has 1 rings (SSSR count). The monoisotopic (exact) mass is 236 g/mol. The van der Waals surface area contributed by atoms with Crippen molar-refractivity contribution in [3.8, 4) is 0 Å². The van der Waals surface area contributed by atoms with E-state index in [1.54, 1.807) is 32.2 Å². The van der Waals surface area contributed by atoms with Crippen LogP contribution in [0.4, 0.5) is 0 Å². The Hall–Kier alpha value is -1.91. The number of carbonyl (C=O) groups excluding carboxylic acids is 1. The van der Waals surface area contributed by atoms with Gasteiger partial charge in [-0.25, -0.2) is 4.79 Å². The number of carbonyl (C=O) groups is 2. The summed E-state index contributed by atoms with van der Waals surface area (Å²) < 4.78 is 0. The second-order valence-electron chi connectivity index (χ2n) is 3.81. The molecule has 0 aromatic carbocycles. The normalized spacial score (nSPS) is 11.9. The Labute approximate surface area is 100 Å². The second kappa shape index (κ2) is 5.43.